The van der Waals surface area contributed by atoms with Crippen molar-refractivity contribution in [3.05, 3.63) is 57.4 Å². The number of anilines is 1. The third-order valence-corrected chi connectivity index (χ3v) is 7.59. The van der Waals surface area contributed by atoms with Crippen LogP contribution in [-0.4, -0.2) is 37.9 Å². The lowest BCUT2D eigenvalue weighted by atomic mass is 10.0. The maximum atomic E-state index is 12.9. The van der Waals surface area contributed by atoms with Gasteiger partial charge >= 0.3 is 6.09 Å². The summed E-state index contributed by atoms with van der Waals surface area (Å²) in [5, 5.41) is 2.80. The largest absolute Gasteiger partial charge is 0.444 e. The molecule has 1 fully saturated rings. The Bertz CT molecular complexity index is 1070. The average molecular weight is 480 g/mol. The summed E-state index contributed by atoms with van der Waals surface area (Å²) in [5.41, 5.74) is 1.78. The van der Waals surface area contributed by atoms with Crippen LogP contribution in [-0.2, 0) is 21.4 Å². The highest BCUT2D eigenvalue weighted by atomic mass is 79.9. The highest BCUT2D eigenvalue weighted by Crippen LogP contribution is 2.34. The molecule has 0 aromatic heterocycles. The van der Waals surface area contributed by atoms with Crippen LogP contribution in [0, 0.1) is 4.91 Å². The molecular formula is C19H18BrN3O5S. The number of benzene rings is 2. The minimum Gasteiger partial charge on any atom is -0.444 e. The number of hydrogen-bond acceptors (Lipinski definition) is 6. The summed E-state index contributed by atoms with van der Waals surface area (Å²) in [6.07, 6.45) is 0.552. The molecule has 0 aliphatic carbocycles. The van der Waals surface area contributed by atoms with Crippen LogP contribution in [0.2, 0.25) is 0 Å². The summed E-state index contributed by atoms with van der Waals surface area (Å²) in [6, 6.07) is 11.2. The number of cyclic esters (lactones) is 1. The van der Waals surface area contributed by atoms with E-state index in [1.54, 1.807) is 4.90 Å². The van der Waals surface area contributed by atoms with Crippen LogP contribution in [0.3, 0.4) is 0 Å². The van der Waals surface area contributed by atoms with Crippen molar-refractivity contribution in [3.63, 3.8) is 0 Å². The summed E-state index contributed by atoms with van der Waals surface area (Å²) < 4.78 is 33.4. The van der Waals surface area contributed by atoms with Gasteiger partial charge in [0.25, 0.3) is 0 Å². The predicted octanol–water partition coefficient (Wildman–Crippen LogP) is 4.16. The molecule has 8 nitrogen and oxygen atoms in total. The van der Waals surface area contributed by atoms with Crippen molar-refractivity contribution >= 4 is 43.4 Å². The number of halogens is 1. The number of nitrogens with zero attached hydrogens (tertiary/aromatic N) is 3. The van der Waals surface area contributed by atoms with Crippen molar-refractivity contribution in [2.45, 2.75) is 30.4 Å². The molecule has 2 heterocycles. The Labute approximate surface area is 176 Å². The second-order valence-corrected chi connectivity index (χ2v) is 9.78. The average Bonchev–Trinajstić information content (AvgIpc) is 2.74. The van der Waals surface area contributed by atoms with Gasteiger partial charge in [0.1, 0.15) is 12.3 Å². The zero-order valence-corrected chi connectivity index (χ0v) is 17.7. The van der Waals surface area contributed by atoms with E-state index in [0.29, 0.717) is 12.8 Å². The van der Waals surface area contributed by atoms with Gasteiger partial charge in [-0.15, -0.1) is 4.91 Å². The van der Waals surface area contributed by atoms with E-state index in [9.17, 15) is 18.1 Å². The number of hydrogen-bond donors (Lipinski definition) is 0. The number of nitroso groups, excluding NO2 is 1. The maximum absolute atomic E-state index is 12.9. The molecule has 0 saturated carbocycles. The van der Waals surface area contributed by atoms with E-state index in [2.05, 4.69) is 21.1 Å². The molecule has 2 aromatic carbocycles. The number of carbonyl (C=O) groups is 1. The second kappa shape index (κ2) is 7.85. The lowest BCUT2D eigenvalue weighted by Gasteiger charge is -2.39. The lowest BCUT2D eigenvalue weighted by molar-refractivity contribution is 0.135. The third-order valence-electron chi connectivity index (χ3n) is 5.20. The molecule has 29 heavy (non-hydrogen) atoms. The third kappa shape index (κ3) is 3.79. The molecule has 152 valence electrons. The smallest absolute Gasteiger partial charge is 0.414 e. The van der Waals surface area contributed by atoms with Crippen molar-refractivity contribution in [1.29, 1.82) is 0 Å². The van der Waals surface area contributed by atoms with Crippen molar-refractivity contribution < 1.29 is 17.9 Å². The first kappa shape index (κ1) is 20.0. The standard InChI is InChI=1S/C19H18BrN3O5S/c20-14-4-5-18-13(10-14)12-28-19(24)23(18)16-6-8-22(9-7-16)29(26,27)17-3-1-2-15(11-17)21-25/h1-5,10-11,16H,6-9,12H2. The summed E-state index contributed by atoms with van der Waals surface area (Å²) in [6.45, 7) is 0.751. The minimum absolute atomic E-state index is 0.0422. The van der Waals surface area contributed by atoms with E-state index in [1.165, 1.54) is 28.6 Å². The molecule has 0 atom stereocenters. The Morgan fingerprint density at radius 2 is 1.86 bits per heavy atom. The fraction of sp³-hybridized carbons (Fsp3) is 0.316. The second-order valence-electron chi connectivity index (χ2n) is 6.92. The van der Waals surface area contributed by atoms with Gasteiger partial charge in [-0.2, -0.15) is 4.31 Å². The van der Waals surface area contributed by atoms with E-state index in [0.717, 1.165) is 15.7 Å². The normalized spacial score (nSPS) is 18.2. The van der Waals surface area contributed by atoms with Crippen molar-refractivity contribution in [1.82, 2.24) is 4.31 Å². The van der Waals surface area contributed by atoms with Crippen LogP contribution in [0.5, 0.6) is 0 Å². The van der Waals surface area contributed by atoms with E-state index >= 15 is 0 Å². The molecule has 0 bridgehead atoms. The van der Waals surface area contributed by atoms with Crippen molar-refractivity contribution in [2.75, 3.05) is 18.0 Å². The number of rotatable bonds is 4. The Hall–Kier alpha value is -2.30. The predicted molar refractivity (Wildman–Crippen MR) is 110 cm³/mol. The first-order valence-corrected chi connectivity index (χ1v) is 11.3. The molecule has 2 aliphatic rings. The zero-order chi connectivity index (χ0) is 20.6. The van der Waals surface area contributed by atoms with Gasteiger partial charge in [0.05, 0.1) is 10.6 Å². The summed E-state index contributed by atoms with van der Waals surface area (Å²) in [4.78, 5) is 24.8. The number of amides is 1. The number of ether oxygens (including phenoxy) is 1. The summed E-state index contributed by atoms with van der Waals surface area (Å²) in [7, 11) is -3.73. The van der Waals surface area contributed by atoms with E-state index in [4.69, 9.17) is 4.74 Å². The van der Waals surface area contributed by atoms with Crippen LogP contribution >= 0.6 is 15.9 Å². The van der Waals surface area contributed by atoms with Crippen LogP contribution in [0.4, 0.5) is 16.2 Å². The zero-order valence-electron chi connectivity index (χ0n) is 15.3. The fourth-order valence-corrected chi connectivity index (χ4v) is 5.67. The highest BCUT2D eigenvalue weighted by Gasteiger charge is 2.37. The molecule has 2 aliphatic heterocycles. The van der Waals surface area contributed by atoms with E-state index in [1.807, 2.05) is 18.2 Å². The molecule has 0 radical (unpaired) electrons. The minimum atomic E-state index is -3.73. The van der Waals surface area contributed by atoms with Gasteiger partial charge in [-0.05, 0) is 54.4 Å². The molecule has 2 aromatic rings. The van der Waals surface area contributed by atoms with Gasteiger partial charge in [0, 0.05) is 29.2 Å². The molecule has 4 rings (SSSR count). The number of fused-ring (bicyclic) bond motifs is 1. The highest BCUT2D eigenvalue weighted by molar-refractivity contribution is 9.10. The van der Waals surface area contributed by atoms with Crippen LogP contribution in [0.1, 0.15) is 18.4 Å². The van der Waals surface area contributed by atoms with Crippen LogP contribution in [0.15, 0.2) is 57.0 Å². The molecule has 0 spiro atoms. The molecule has 1 saturated heterocycles. The quantitative estimate of drug-likeness (QED) is 0.613. The molecule has 10 heteroatoms. The molecule has 0 N–H and O–H groups in total. The van der Waals surface area contributed by atoms with Gasteiger partial charge < -0.3 is 4.74 Å². The lowest BCUT2D eigenvalue weighted by Crippen LogP contribution is -2.50. The van der Waals surface area contributed by atoms with Gasteiger partial charge in [-0.1, -0.05) is 22.0 Å². The number of carbonyl (C=O) groups excluding carboxylic acids is 1. The van der Waals surface area contributed by atoms with Gasteiger partial charge in [-0.3, -0.25) is 4.90 Å². The molecule has 0 unspecified atom stereocenters. The molecular weight excluding hydrogens is 462 g/mol. The monoisotopic (exact) mass is 479 g/mol. The van der Waals surface area contributed by atoms with Gasteiger partial charge in [0.15, 0.2) is 0 Å². The Kier molecular flexibility index (Phi) is 5.41. The van der Waals surface area contributed by atoms with Crippen molar-refractivity contribution in [2.24, 2.45) is 5.18 Å². The maximum Gasteiger partial charge on any atom is 0.414 e. The van der Waals surface area contributed by atoms with Crippen molar-refractivity contribution in [3.8, 4) is 0 Å². The summed E-state index contributed by atoms with van der Waals surface area (Å²) in [5.74, 6) is 0. The Balaban J connectivity index is 1.52. The number of piperidine rings is 1. The van der Waals surface area contributed by atoms with E-state index < -0.39 is 16.1 Å². The van der Waals surface area contributed by atoms with Gasteiger partial charge in [-0.25, -0.2) is 13.2 Å². The van der Waals surface area contributed by atoms with E-state index in [-0.39, 0.29) is 36.3 Å². The Morgan fingerprint density at radius 3 is 2.59 bits per heavy atom. The Morgan fingerprint density at radius 1 is 1.10 bits per heavy atom. The first-order chi connectivity index (χ1) is 13.9. The topological polar surface area (TPSA) is 96.4 Å². The first-order valence-electron chi connectivity index (χ1n) is 9.08. The molecule has 1 amide bonds. The summed E-state index contributed by atoms with van der Waals surface area (Å²) >= 11 is 3.42. The van der Waals surface area contributed by atoms with Crippen LogP contribution in [0.25, 0.3) is 0 Å². The SMILES string of the molecule is O=Nc1cccc(S(=O)(=O)N2CCC(N3C(=O)OCc4cc(Br)ccc43)CC2)c1. The van der Waals surface area contributed by atoms with Gasteiger partial charge in [0.2, 0.25) is 10.0 Å². The fourth-order valence-electron chi connectivity index (χ4n) is 3.75. The van der Waals surface area contributed by atoms with Crippen LogP contribution < -0.4 is 4.90 Å². The number of sulfonamides is 1.